The van der Waals surface area contributed by atoms with E-state index < -0.39 is 5.60 Å². The highest BCUT2D eigenvalue weighted by Gasteiger charge is 2.54. The molecule has 0 aliphatic heterocycles. The van der Waals surface area contributed by atoms with Gasteiger partial charge in [-0.3, -0.25) is 4.68 Å². The maximum Gasteiger partial charge on any atom is 0.0883 e. The SMILES string of the molecule is CCO[C@H]1C[C@H]2[C@@H](CC[C@@H]3[C@@H]2CCC(C)(C)[C@H]3Cn2ccnn2)C[C@]1(C)O. The van der Waals surface area contributed by atoms with E-state index in [-0.39, 0.29) is 6.10 Å². The van der Waals surface area contributed by atoms with Crippen LogP contribution in [0.15, 0.2) is 12.4 Å². The van der Waals surface area contributed by atoms with E-state index >= 15 is 0 Å². The lowest BCUT2D eigenvalue weighted by Gasteiger charge is -2.58. The van der Waals surface area contributed by atoms with Gasteiger partial charge in [0.2, 0.25) is 0 Å². The Balaban J connectivity index is 1.56. The highest BCUT2D eigenvalue weighted by Crippen LogP contribution is 2.59. The predicted molar refractivity (Wildman–Crippen MR) is 105 cm³/mol. The van der Waals surface area contributed by atoms with Gasteiger partial charge >= 0.3 is 0 Å². The molecule has 4 rings (SSSR count). The molecule has 5 heteroatoms. The second kappa shape index (κ2) is 7.14. The standard InChI is InChI=1S/C22H37N3O2/c1-5-27-20-12-18-15(13-22(20,4)26)6-7-17-16(18)8-9-21(2,3)19(17)14-25-11-10-23-24-25/h10-11,15-20,26H,5-9,12-14H2,1-4H3/t15-,16-,17+,18-,19-,20-,22-/m0/s1. The van der Waals surface area contributed by atoms with Crippen LogP contribution in [0.3, 0.4) is 0 Å². The Hall–Kier alpha value is -0.940. The van der Waals surface area contributed by atoms with Crippen LogP contribution in [0.4, 0.5) is 0 Å². The molecule has 3 aliphatic carbocycles. The number of fused-ring (bicyclic) bond motifs is 3. The molecule has 0 aromatic carbocycles. The summed E-state index contributed by atoms with van der Waals surface area (Å²) in [6.45, 7) is 10.6. The molecular weight excluding hydrogens is 338 g/mol. The first-order valence-electron chi connectivity index (χ1n) is 11.0. The molecule has 0 bridgehead atoms. The van der Waals surface area contributed by atoms with Crippen LogP contribution >= 0.6 is 0 Å². The number of hydrogen-bond acceptors (Lipinski definition) is 4. The van der Waals surface area contributed by atoms with E-state index in [0.29, 0.717) is 29.8 Å². The van der Waals surface area contributed by atoms with Crippen molar-refractivity contribution in [2.45, 2.75) is 84.5 Å². The molecular formula is C22H37N3O2. The summed E-state index contributed by atoms with van der Waals surface area (Å²) in [7, 11) is 0. The fourth-order valence-electron chi connectivity index (χ4n) is 6.88. The average Bonchev–Trinajstić information content (AvgIpc) is 3.11. The minimum Gasteiger partial charge on any atom is -0.387 e. The molecule has 1 heterocycles. The maximum absolute atomic E-state index is 11.0. The lowest BCUT2D eigenvalue weighted by atomic mass is 9.49. The first kappa shape index (κ1) is 19.4. The zero-order valence-corrected chi connectivity index (χ0v) is 17.5. The average molecular weight is 376 g/mol. The first-order valence-corrected chi connectivity index (χ1v) is 11.0. The highest BCUT2D eigenvalue weighted by atomic mass is 16.5. The highest BCUT2D eigenvalue weighted by molar-refractivity contribution is 5.04. The largest absolute Gasteiger partial charge is 0.387 e. The van der Waals surface area contributed by atoms with E-state index in [1.54, 1.807) is 6.20 Å². The molecule has 27 heavy (non-hydrogen) atoms. The number of aromatic nitrogens is 3. The third-order valence-electron chi connectivity index (χ3n) is 8.30. The minimum absolute atomic E-state index is 0.00815. The smallest absolute Gasteiger partial charge is 0.0883 e. The number of aliphatic hydroxyl groups is 1. The van der Waals surface area contributed by atoms with E-state index in [0.717, 1.165) is 31.2 Å². The zero-order chi connectivity index (χ0) is 19.2. The van der Waals surface area contributed by atoms with Crippen molar-refractivity contribution in [2.75, 3.05) is 6.61 Å². The molecule has 0 unspecified atom stereocenters. The Bertz CT molecular complexity index is 628. The number of rotatable bonds is 4. The monoisotopic (exact) mass is 375 g/mol. The van der Waals surface area contributed by atoms with Crippen LogP contribution in [-0.4, -0.2) is 38.4 Å². The number of ether oxygens (including phenoxy) is 1. The first-order chi connectivity index (χ1) is 12.8. The Morgan fingerprint density at radius 3 is 2.67 bits per heavy atom. The van der Waals surface area contributed by atoms with Gasteiger partial charge in [-0.25, -0.2) is 0 Å². The Labute approximate surface area is 163 Å². The number of hydrogen-bond donors (Lipinski definition) is 1. The van der Waals surface area contributed by atoms with Gasteiger partial charge in [-0.05, 0) is 87.4 Å². The molecule has 3 fully saturated rings. The maximum atomic E-state index is 11.0. The van der Waals surface area contributed by atoms with Crippen LogP contribution in [0, 0.1) is 35.0 Å². The molecule has 5 nitrogen and oxygen atoms in total. The minimum atomic E-state index is -0.669. The van der Waals surface area contributed by atoms with E-state index in [1.165, 1.54) is 25.7 Å². The molecule has 3 saturated carbocycles. The summed E-state index contributed by atoms with van der Waals surface area (Å²) in [4.78, 5) is 0. The second-order valence-electron chi connectivity index (χ2n) is 10.3. The van der Waals surface area contributed by atoms with Gasteiger partial charge in [0.25, 0.3) is 0 Å². The fourth-order valence-corrected chi connectivity index (χ4v) is 6.88. The molecule has 1 aromatic rings. The Kier molecular flexibility index (Phi) is 5.13. The topological polar surface area (TPSA) is 60.2 Å². The molecule has 152 valence electrons. The van der Waals surface area contributed by atoms with Gasteiger partial charge in [0, 0.05) is 19.3 Å². The summed E-state index contributed by atoms with van der Waals surface area (Å²) in [5.74, 6) is 3.53. The van der Waals surface area contributed by atoms with Crippen molar-refractivity contribution < 1.29 is 9.84 Å². The normalized spacial score (nSPS) is 43.7. The summed E-state index contributed by atoms with van der Waals surface area (Å²) in [5, 5.41) is 19.2. The summed E-state index contributed by atoms with van der Waals surface area (Å²) in [6.07, 6.45) is 10.9. The third-order valence-corrected chi connectivity index (χ3v) is 8.30. The van der Waals surface area contributed by atoms with Gasteiger partial charge in [-0.15, -0.1) is 5.10 Å². The molecule has 1 N–H and O–H groups in total. The predicted octanol–water partition coefficient (Wildman–Crippen LogP) is 3.92. The molecule has 0 amide bonds. The lowest BCUT2D eigenvalue weighted by molar-refractivity contribution is -0.172. The van der Waals surface area contributed by atoms with Gasteiger partial charge in [-0.1, -0.05) is 19.1 Å². The molecule has 0 radical (unpaired) electrons. The van der Waals surface area contributed by atoms with Gasteiger partial charge < -0.3 is 9.84 Å². The molecule has 0 saturated heterocycles. The summed E-state index contributed by atoms with van der Waals surface area (Å²) < 4.78 is 8.04. The van der Waals surface area contributed by atoms with Crippen molar-refractivity contribution in [3.63, 3.8) is 0 Å². The van der Waals surface area contributed by atoms with Crippen molar-refractivity contribution in [1.29, 1.82) is 0 Å². The van der Waals surface area contributed by atoms with Crippen molar-refractivity contribution in [1.82, 2.24) is 15.0 Å². The molecule has 0 spiro atoms. The molecule has 3 aliphatic rings. The zero-order valence-electron chi connectivity index (χ0n) is 17.5. The quantitative estimate of drug-likeness (QED) is 0.866. The fraction of sp³-hybridized carbons (Fsp3) is 0.909. The molecule has 1 aromatic heterocycles. The van der Waals surface area contributed by atoms with Crippen LogP contribution in [-0.2, 0) is 11.3 Å². The van der Waals surface area contributed by atoms with Crippen molar-refractivity contribution in [3.05, 3.63) is 12.4 Å². The van der Waals surface area contributed by atoms with E-state index in [4.69, 9.17) is 4.74 Å². The summed E-state index contributed by atoms with van der Waals surface area (Å²) in [6, 6.07) is 0. The van der Waals surface area contributed by atoms with Crippen LogP contribution in [0.25, 0.3) is 0 Å². The lowest BCUT2D eigenvalue weighted by Crippen LogP contribution is -2.55. The number of nitrogens with zero attached hydrogens (tertiary/aromatic N) is 3. The van der Waals surface area contributed by atoms with Crippen molar-refractivity contribution in [3.8, 4) is 0 Å². The van der Waals surface area contributed by atoms with Crippen LogP contribution in [0.2, 0.25) is 0 Å². The van der Waals surface area contributed by atoms with E-state index in [1.807, 2.05) is 24.7 Å². The van der Waals surface area contributed by atoms with Gasteiger partial charge in [0.1, 0.15) is 0 Å². The summed E-state index contributed by atoms with van der Waals surface area (Å²) in [5.41, 5.74) is -0.322. The molecule has 7 atom stereocenters. The van der Waals surface area contributed by atoms with E-state index in [2.05, 4.69) is 24.2 Å². The van der Waals surface area contributed by atoms with Crippen LogP contribution in [0.1, 0.15) is 66.2 Å². The van der Waals surface area contributed by atoms with Gasteiger partial charge in [0.15, 0.2) is 0 Å². The summed E-state index contributed by atoms with van der Waals surface area (Å²) >= 11 is 0. The second-order valence-corrected chi connectivity index (χ2v) is 10.3. The van der Waals surface area contributed by atoms with Crippen LogP contribution < -0.4 is 0 Å². The van der Waals surface area contributed by atoms with E-state index in [9.17, 15) is 5.11 Å². The van der Waals surface area contributed by atoms with Crippen molar-refractivity contribution >= 4 is 0 Å². The van der Waals surface area contributed by atoms with Crippen LogP contribution in [0.5, 0.6) is 0 Å². The Morgan fingerprint density at radius 1 is 1.15 bits per heavy atom. The van der Waals surface area contributed by atoms with Crippen molar-refractivity contribution in [2.24, 2.45) is 35.0 Å². The Morgan fingerprint density at radius 2 is 1.96 bits per heavy atom. The van der Waals surface area contributed by atoms with Gasteiger partial charge in [-0.2, -0.15) is 0 Å². The third kappa shape index (κ3) is 3.57. The van der Waals surface area contributed by atoms with Gasteiger partial charge in [0.05, 0.1) is 17.9 Å².